The fourth-order valence-electron chi connectivity index (χ4n) is 3.42. The van der Waals surface area contributed by atoms with Crippen LogP contribution in [0.2, 0.25) is 0 Å². The van der Waals surface area contributed by atoms with Crippen LogP contribution in [0.5, 0.6) is 0 Å². The Morgan fingerprint density at radius 1 is 1.11 bits per heavy atom. The molecule has 148 valence electrons. The topological polar surface area (TPSA) is 69.7 Å². The highest BCUT2D eigenvalue weighted by molar-refractivity contribution is 8.14. The van der Waals surface area contributed by atoms with Crippen molar-refractivity contribution in [1.29, 1.82) is 0 Å². The van der Waals surface area contributed by atoms with E-state index in [-0.39, 0.29) is 17.0 Å². The van der Waals surface area contributed by atoms with Crippen molar-refractivity contribution in [2.24, 2.45) is 17.8 Å². The van der Waals surface area contributed by atoms with E-state index < -0.39 is 18.5 Å². The molecule has 0 radical (unpaired) electrons. The number of thioether (sulfide) groups is 1. The maximum absolute atomic E-state index is 12.1. The van der Waals surface area contributed by atoms with Crippen molar-refractivity contribution in [3.63, 3.8) is 0 Å². The second-order valence-electron chi connectivity index (χ2n) is 7.46. The van der Waals surface area contributed by atoms with Gasteiger partial charge in [0.25, 0.3) is 0 Å². The first-order valence-electron chi connectivity index (χ1n) is 9.44. The van der Waals surface area contributed by atoms with Crippen molar-refractivity contribution in [3.8, 4) is 0 Å². The van der Waals surface area contributed by atoms with E-state index in [2.05, 4.69) is 20.8 Å². The Labute approximate surface area is 165 Å². The minimum Gasteiger partial charge on any atom is -0.460 e. The molecule has 1 aromatic rings. The van der Waals surface area contributed by atoms with Gasteiger partial charge < -0.3 is 9.47 Å². The molecule has 0 N–H and O–H groups in total. The number of esters is 2. The van der Waals surface area contributed by atoms with Crippen LogP contribution in [-0.2, 0) is 19.1 Å². The third-order valence-corrected chi connectivity index (χ3v) is 5.80. The molecule has 1 fully saturated rings. The van der Waals surface area contributed by atoms with Gasteiger partial charge in [-0.3, -0.25) is 9.59 Å². The van der Waals surface area contributed by atoms with E-state index in [1.165, 1.54) is 0 Å². The second-order valence-corrected chi connectivity index (χ2v) is 8.41. The minimum atomic E-state index is -0.598. The first-order chi connectivity index (χ1) is 12.9. The van der Waals surface area contributed by atoms with Crippen LogP contribution in [0.4, 0.5) is 0 Å². The summed E-state index contributed by atoms with van der Waals surface area (Å²) in [5.41, 5.74) is 0.529. The van der Waals surface area contributed by atoms with Crippen molar-refractivity contribution in [2.75, 3.05) is 12.4 Å². The lowest BCUT2D eigenvalue weighted by Crippen LogP contribution is -2.36. The molecule has 2 rings (SSSR count). The molecular formula is C21H28O5S. The summed E-state index contributed by atoms with van der Waals surface area (Å²) >= 11 is 0.864. The summed E-state index contributed by atoms with van der Waals surface area (Å²) in [5, 5.41) is -0.203. The molecule has 6 heteroatoms. The van der Waals surface area contributed by atoms with Gasteiger partial charge in [-0.25, -0.2) is 4.79 Å². The lowest BCUT2D eigenvalue weighted by Gasteiger charge is -2.36. The van der Waals surface area contributed by atoms with Gasteiger partial charge in [0.05, 0.1) is 5.75 Å². The standard InChI is InChI=1S/C21H28O5S/c1-14(2)17-10-9-15(3)11-18(17)26-19(22)12-25-20(23)13-27-21(24)16-7-5-4-6-8-16/h4-8,14-15,17-18H,9-13H2,1-3H3/t15-,17-,18+/m0/s1. The van der Waals surface area contributed by atoms with E-state index in [1.54, 1.807) is 24.3 Å². The summed E-state index contributed by atoms with van der Waals surface area (Å²) in [7, 11) is 0. The summed E-state index contributed by atoms with van der Waals surface area (Å²) in [6.45, 7) is 6.04. The fraction of sp³-hybridized carbons (Fsp3) is 0.571. The smallest absolute Gasteiger partial charge is 0.344 e. The van der Waals surface area contributed by atoms with E-state index in [9.17, 15) is 14.4 Å². The molecule has 0 saturated heterocycles. The predicted molar refractivity (Wildman–Crippen MR) is 105 cm³/mol. The highest BCUT2D eigenvalue weighted by Gasteiger charge is 2.33. The van der Waals surface area contributed by atoms with Gasteiger partial charge in [-0.05, 0) is 30.6 Å². The van der Waals surface area contributed by atoms with E-state index in [0.717, 1.165) is 31.0 Å². The molecule has 1 saturated carbocycles. The lowest BCUT2D eigenvalue weighted by molar-refractivity contribution is -0.166. The molecule has 0 bridgehead atoms. The Morgan fingerprint density at radius 3 is 2.48 bits per heavy atom. The number of ether oxygens (including phenoxy) is 2. The average molecular weight is 393 g/mol. The van der Waals surface area contributed by atoms with Gasteiger partial charge in [-0.15, -0.1) is 0 Å². The number of rotatable bonds is 7. The van der Waals surface area contributed by atoms with Crippen molar-refractivity contribution in [3.05, 3.63) is 35.9 Å². The van der Waals surface area contributed by atoms with Crippen LogP contribution in [0.15, 0.2) is 30.3 Å². The number of carbonyl (C=O) groups is 3. The van der Waals surface area contributed by atoms with Gasteiger partial charge in [-0.1, -0.05) is 69.3 Å². The second kappa shape index (κ2) is 10.5. The largest absolute Gasteiger partial charge is 0.460 e. The first-order valence-corrected chi connectivity index (χ1v) is 10.4. The average Bonchev–Trinajstić information content (AvgIpc) is 2.65. The zero-order chi connectivity index (χ0) is 19.8. The van der Waals surface area contributed by atoms with Crippen molar-refractivity contribution >= 4 is 28.8 Å². The Kier molecular flexibility index (Phi) is 8.35. The fourth-order valence-corrected chi connectivity index (χ4v) is 4.05. The Morgan fingerprint density at radius 2 is 1.81 bits per heavy atom. The summed E-state index contributed by atoms with van der Waals surface area (Å²) < 4.78 is 10.6. The molecule has 0 unspecified atom stereocenters. The lowest BCUT2D eigenvalue weighted by atomic mass is 9.75. The maximum atomic E-state index is 12.1. The van der Waals surface area contributed by atoms with Crippen LogP contribution in [-0.4, -0.2) is 35.5 Å². The van der Waals surface area contributed by atoms with Gasteiger partial charge in [0, 0.05) is 5.56 Å². The highest BCUT2D eigenvalue weighted by Crippen LogP contribution is 2.35. The van der Waals surface area contributed by atoms with E-state index in [4.69, 9.17) is 9.47 Å². The molecule has 1 aliphatic carbocycles. The molecule has 3 atom stereocenters. The molecule has 0 spiro atoms. The molecule has 5 nitrogen and oxygen atoms in total. The highest BCUT2D eigenvalue weighted by atomic mass is 32.2. The summed E-state index contributed by atoms with van der Waals surface area (Å²) in [6.07, 6.45) is 2.94. The number of benzene rings is 1. The monoisotopic (exact) mass is 392 g/mol. The van der Waals surface area contributed by atoms with Crippen LogP contribution >= 0.6 is 11.8 Å². The quantitative estimate of drug-likeness (QED) is 0.651. The van der Waals surface area contributed by atoms with Gasteiger partial charge in [0.1, 0.15) is 6.10 Å². The zero-order valence-corrected chi connectivity index (χ0v) is 17.0. The van der Waals surface area contributed by atoms with Gasteiger partial charge in [0.2, 0.25) is 5.12 Å². The van der Waals surface area contributed by atoms with Crippen LogP contribution in [0, 0.1) is 17.8 Å². The Bertz CT molecular complexity index is 643. The number of hydrogen-bond acceptors (Lipinski definition) is 6. The summed E-state index contributed by atoms with van der Waals surface area (Å²) in [4.78, 5) is 35.8. The first kappa shape index (κ1) is 21.5. The number of hydrogen-bond donors (Lipinski definition) is 0. The Balaban J connectivity index is 1.72. The third-order valence-electron chi connectivity index (χ3n) is 4.93. The van der Waals surface area contributed by atoms with Crippen LogP contribution in [0.3, 0.4) is 0 Å². The van der Waals surface area contributed by atoms with E-state index >= 15 is 0 Å². The summed E-state index contributed by atoms with van der Waals surface area (Å²) in [5.74, 6) is 0.0702. The van der Waals surface area contributed by atoms with Gasteiger partial charge in [-0.2, -0.15) is 0 Å². The Hall–Kier alpha value is -1.82. The van der Waals surface area contributed by atoms with Gasteiger partial charge >= 0.3 is 11.9 Å². The summed E-state index contributed by atoms with van der Waals surface area (Å²) in [6, 6.07) is 8.72. The molecule has 1 aliphatic rings. The maximum Gasteiger partial charge on any atom is 0.344 e. The molecule has 27 heavy (non-hydrogen) atoms. The van der Waals surface area contributed by atoms with E-state index in [0.29, 0.717) is 23.3 Å². The normalized spacial score (nSPS) is 22.3. The molecule has 0 amide bonds. The number of carbonyl (C=O) groups excluding carboxylic acids is 3. The predicted octanol–water partition coefficient (Wildman–Crippen LogP) is 4.11. The third kappa shape index (κ3) is 7.01. The molecule has 0 aromatic heterocycles. The molecular weight excluding hydrogens is 364 g/mol. The zero-order valence-electron chi connectivity index (χ0n) is 16.2. The SMILES string of the molecule is CC(C)[C@@H]1CC[C@H](C)C[C@H]1OC(=O)COC(=O)CSC(=O)c1ccccc1. The van der Waals surface area contributed by atoms with Crippen LogP contribution in [0.1, 0.15) is 50.4 Å². The van der Waals surface area contributed by atoms with Crippen LogP contribution in [0.25, 0.3) is 0 Å². The minimum absolute atomic E-state index is 0.117. The molecule has 0 aliphatic heterocycles. The van der Waals surface area contributed by atoms with Crippen molar-refractivity contribution < 1.29 is 23.9 Å². The molecule has 0 heterocycles. The van der Waals surface area contributed by atoms with Crippen molar-refractivity contribution in [2.45, 2.75) is 46.1 Å². The van der Waals surface area contributed by atoms with Crippen molar-refractivity contribution in [1.82, 2.24) is 0 Å². The van der Waals surface area contributed by atoms with Gasteiger partial charge in [0.15, 0.2) is 6.61 Å². The van der Waals surface area contributed by atoms with E-state index in [1.807, 2.05) is 6.07 Å². The molecule has 1 aromatic carbocycles. The van der Waals surface area contributed by atoms with Crippen LogP contribution < -0.4 is 0 Å².